The van der Waals surface area contributed by atoms with Crippen molar-refractivity contribution in [1.29, 1.82) is 0 Å². The quantitative estimate of drug-likeness (QED) is 0.690. The van der Waals surface area contributed by atoms with Gasteiger partial charge in [-0.3, -0.25) is 9.59 Å². The zero-order valence-electron chi connectivity index (χ0n) is 11.5. The van der Waals surface area contributed by atoms with Crippen LogP contribution >= 0.6 is 0 Å². The van der Waals surface area contributed by atoms with Gasteiger partial charge in [0.25, 0.3) is 0 Å². The number of carbonyl (C=O) groups is 2. The van der Waals surface area contributed by atoms with Crippen LogP contribution in [0.25, 0.3) is 22.8 Å². The van der Waals surface area contributed by atoms with Crippen LogP contribution in [0.4, 0.5) is 0 Å². The highest BCUT2D eigenvalue weighted by Gasteiger charge is 2.06. The van der Waals surface area contributed by atoms with E-state index in [2.05, 4.69) is 15.0 Å². The molecule has 0 bridgehead atoms. The molecule has 0 unspecified atom stereocenters. The fraction of sp³-hybridized carbons (Fsp3) is 0. The topological polar surface area (TPSA) is 72.8 Å². The van der Waals surface area contributed by atoms with E-state index < -0.39 is 0 Å². The molecule has 5 heteroatoms. The zero-order chi connectivity index (χ0) is 15.4. The average molecular weight is 289 g/mol. The Morgan fingerprint density at radius 1 is 0.545 bits per heavy atom. The van der Waals surface area contributed by atoms with Crippen LogP contribution in [0, 0.1) is 0 Å². The van der Waals surface area contributed by atoms with Gasteiger partial charge in [-0.1, -0.05) is 18.2 Å². The lowest BCUT2D eigenvalue weighted by atomic mass is 10.2. The summed E-state index contributed by atoms with van der Waals surface area (Å²) in [5, 5.41) is 0. The summed E-state index contributed by atoms with van der Waals surface area (Å²) in [4.78, 5) is 34.6. The monoisotopic (exact) mass is 289 g/mol. The highest BCUT2D eigenvalue weighted by molar-refractivity contribution is 5.74. The van der Waals surface area contributed by atoms with Crippen molar-refractivity contribution in [3.05, 3.63) is 66.0 Å². The van der Waals surface area contributed by atoms with E-state index in [1.807, 2.05) is 18.2 Å². The Bertz CT molecular complexity index is 780. The van der Waals surface area contributed by atoms with Crippen LogP contribution in [0.15, 0.2) is 54.6 Å². The van der Waals surface area contributed by atoms with Crippen LogP contribution in [0.1, 0.15) is 21.0 Å². The van der Waals surface area contributed by atoms with Crippen molar-refractivity contribution in [3.63, 3.8) is 0 Å². The number of pyridine rings is 3. The number of hydrogen-bond acceptors (Lipinski definition) is 5. The van der Waals surface area contributed by atoms with Crippen molar-refractivity contribution >= 4 is 12.6 Å². The summed E-state index contributed by atoms with van der Waals surface area (Å²) in [5.41, 5.74) is 3.20. The summed E-state index contributed by atoms with van der Waals surface area (Å²) in [6.45, 7) is 0. The lowest BCUT2D eigenvalue weighted by Crippen LogP contribution is -1.95. The number of aldehydes is 2. The molecule has 3 rings (SSSR count). The summed E-state index contributed by atoms with van der Waals surface area (Å²) in [6, 6.07) is 15.8. The number of carbonyl (C=O) groups excluding carboxylic acids is 2. The maximum atomic E-state index is 10.8. The third-order valence-corrected chi connectivity index (χ3v) is 3.06. The summed E-state index contributed by atoms with van der Waals surface area (Å²) < 4.78 is 0. The molecule has 3 heterocycles. The average Bonchev–Trinajstić information content (AvgIpc) is 2.62. The minimum Gasteiger partial charge on any atom is -0.296 e. The molecule has 3 aromatic rings. The predicted molar refractivity (Wildman–Crippen MR) is 81.5 cm³/mol. The Morgan fingerprint density at radius 3 is 1.32 bits per heavy atom. The summed E-state index contributed by atoms with van der Waals surface area (Å²) in [7, 11) is 0. The first kappa shape index (κ1) is 13.8. The molecule has 0 atom stereocenters. The fourth-order valence-electron chi connectivity index (χ4n) is 2.04. The van der Waals surface area contributed by atoms with Crippen LogP contribution in [-0.4, -0.2) is 27.5 Å². The minimum atomic E-state index is 0.353. The van der Waals surface area contributed by atoms with E-state index in [1.54, 1.807) is 36.4 Å². The van der Waals surface area contributed by atoms with Gasteiger partial charge in [0.05, 0.1) is 22.8 Å². The minimum absolute atomic E-state index is 0.353. The van der Waals surface area contributed by atoms with Crippen molar-refractivity contribution in [2.75, 3.05) is 0 Å². The van der Waals surface area contributed by atoms with Gasteiger partial charge >= 0.3 is 0 Å². The van der Waals surface area contributed by atoms with Crippen molar-refractivity contribution in [1.82, 2.24) is 15.0 Å². The van der Waals surface area contributed by atoms with Gasteiger partial charge in [-0.15, -0.1) is 0 Å². The standard InChI is InChI=1S/C17H11N3O2/c21-10-12-4-1-6-14(18-12)16-8-3-9-17(20-16)15-7-2-5-13(11-22)19-15/h1-11H. The van der Waals surface area contributed by atoms with Crippen LogP contribution in [0.3, 0.4) is 0 Å². The van der Waals surface area contributed by atoms with Gasteiger partial charge in [-0.05, 0) is 36.4 Å². The molecule has 0 aliphatic rings. The van der Waals surface area contributed by atoms with Crippen molar-refractivity contribution in [2.24, 2.45) is 0 Å². The maximum absolute atomic E-state index is 10.8. The van der Waals surface area contributed by atoms with Crippen LogP contribution < -0.4 is 0 Å². The Morgan fingerprint density at radius 2 is 0.909 bits per heavy atom. The Balaban J connectivity index is 2.05. The summed E-state index contributed by atoms with van der Waals surface area (Å²) in [6.07, 6.45) is 1.39. The molecule has 0 fully saturated rings. The first-order valence-electron chi connectivity index (χ1n) is 6.62. The van der Waals surface area contributed by atoms with E-state index in [9.17, 15) is 9.59 Å². The fourth-order valence-corrected chi connectivity index (χ4v) is 2.04. The van der Waals surface area contributed by atoms with Crippen LogP contribution in [0.2, 0.25) is 0 Å². The predicted octanol–water partition coefficient (Wildman–Crippen LogP) is 2.83. The highest BCUT2D eigenvalue weighted by Crippen LogP contribution is 2.20. The smallest absolute Gasteiger partial charge is 0.168 e. The molecule has 106 valence electrons. The van der Waals surface area contributed by atoms with E-state index in [1.165, 1.54) is 0 Å². The van der Waals surface area contributed by atoms with Crippen LogP contribution in [0.5, 0.6) is 0 Å². The van der Waals surface area contributed by atoms with E-state index in [0.717, 1.165) is 0 Å². The molecular weight excluding hydrogens is 278 g/mol. The molecule has 0 amide bonds. The van der Waals surface area contributed by atoms with Gasteiger partial charge in [-0.25, -0.2) is 15.0 Å². The number of aromatic nitrogens is 3. The molecule has 3 aromatic heterocycles. The molecule has 0 aliphatic carbocycles. The Labute approximate surface area is 126 Å². The normalized spacial score (nSPS) is 10.2. The van der Waals surface area contributed by atoms with E-state index in [0.29, 0.717) is 46.7 Å². The number of nitrogens with zero attached hydrogens (tertiary/aromatic N) is 3. The molecular formula is C17H11N3O2. The molecule has 22 heavy (non-hydrogen) atoms. The second-order valence-corrected chi connectivity index (χ2v) is 4.54. The van der Waals surface area contributed by atoms with Gasteiger partial charge in [0, 0.05) is 0 Å². The molecule has 5 nitrogen and oxygen atoms in total. The van der Waals surface area contributed by atoms with Gasteiger partial charge in [0.2, 0.25) is 0 Å². The Hall–Kier alpha value is -3.21. The van der Waals surface area contributed by atoms with Gasteiger partial charge in [0.15, 0.2) is 12.6 Å². The van der Waals surface area contributed by atoms with Crippen molar-refractivity contribution in [3.8, 4) is 22.8 Å². The zero-order valence-corrected chi connectivity index (χ0v) is 11.5. The Kier molecular flexibility index (Phi) is 3.78. The second kappa shape index (κ2) is 6.05. The summed E-state index contributed by atoms with van der Waals surface area (Å²) in [5.74, 6) is 0. The second-order valence-electron chi connectivity index (χ2n) is 4.54. The first-order valence-corrected chi connectivity index (χ1v) is 6.62. The number of rotatable bonds is 4. The van der Waals surface area contributed by atoms with Gasteiger partial charge in [-0.2, -0.15) is 0 Å². The van der Waals surface area contributed by atoms with E-state index >= 15 is 0 Å². The van der Waals surface area contributed by atoms with E-state index in [-0.39, 0.29) is 0 Å². The first-order chi connectivity index (χ1) is 10.8. The third kappa shape index (κ3) is 2.78. The largest absolute Gasteiger partial charge is 0.296 e. The third-order valence-electron chi connectivity index (χ3n) is 3.06. The van der Waals surface area contributed by atoms with Gasteiger partial charge in [0.1, 0.15) is 11.4 Å². The lowest BCUT2D eigenvalue weighted by molar-refractivity contribution is 0.111. The van der Waals surface area contributed by atoms with Gasteiger partial charge < -0.3 is 0 Å². The van der Waals surface area contributed by atoms with E-state index in [4.69, 9.17) is 0 Å². The molecule has 0 spiro atoms. The maximum Gasteiger partial charge on any atom is 0.168 e. The van der Waals surface area contributed by atoms with Crippen molar-refractivity contribution in [2.45, 2.75) is 0 Å². The molecule has 0 aliphatic heterocycles. The van der Waals surface area contributed by atoms with Crippen LogP contribution in [-0.2, 0) is 0 Å². The number of hydrogen-bond donors (Lipinski definition) is 0. The molecule has 0 saturated heterocycles. The summed E-state index contributed by atoms with van der Waals surface area (Å²) >= 11 is 0. The van der Waals surface area contributed by atoms with Crippen molar-refractivity contribution < 1.29 is 9.59 Å². The highest BCUT2D eigenvalue weighted by atomic mass is 16.1. The molecule has 0 saturated carbocycles. The molecule has 0 N–H and O–H groups in total. The lowest BCUT2D eigenvalue weighted by Gasteiger charge is -2.05. The SMILES string of the molecule is O=Cc1cccc(-c2cccc(-c3cccc(C=O)n3)n2)n1. The molecule has 0 aromatic carbocycles. The molecule has 0 radical (unpaired) electrons.